The number of ether oxygens (including phenoxy) is 3. The Kier molecular flexibility index (Phi) is 6.12. The van der Waals surface area contributed by atoms with Gasteiger partial charge in [-0.1, -0.05) is 19.4 Å². The van der Waals surface area contributed by atoms with E-state index in [9.17, 15) is 0 Å². The molecule has 1 aliphatic carbocycles. The lowest BCUT2D eigenvalue weighted by molar-refractivity contribution is 0.272. The van der Waals surface area contributed by atoms with Gasteiger partial charge in [-0.2, -0.15) is 5.10 Å². The van der Waals surface area contributed by atoms with Crippen LogP contribution >= 0.6 is 0 Å². The van der Waals surface area contributed by atoms with Crippen molar-refractivity contribution in [2.75, 3.05) is 25.1 Å². The van der Waals surface area contributed by atoms with Crippen LogP contribution in [0.4, 0.5) is 11.5 Å². The maximum atomic E-state index is 6.02. The SMILES string of the molecule is CCCCOc1cc2c(cc1OCC)Cc1c(Nc3cccc(OCC)c3)n[nH]c1-2. The topological polar surface area (TPSA) is 68.4 Å². The van der Waals surface area contributed by atoms with E-state index < -0.39 is 0 Å². The predicted octanol–water partition coefficient (Wildman–Crippen LogP) is 5.70. The normalized spacial score (nSPS) is 11.7. The van der Waals surface area contributed by atoms with Crippen LogP contribution in [-0.4, -0.2) is 30.0 Å². The van der Waals surface area contributed by atoms with E-state index >= 15 is 0 Å². The Morgan fingerprint density at radius 3 is 2.63 bits per heavy atom. The third-order valence-electron chi connectivity index (χ3n) is 5.14. The van der Waals surface area contributed by atoms with Crippen LogP contribution in [0, 0.1) is 0 Å². The fraction of sp³-hybridized carbons (Fsp3) is 0.375. The lowest BCUT2D eigenvalue weighted by Gasteiger charge is -2.14. The van der Waals surface area contributed by atoms with E-state index in [-0.39, 0.29) is 0 Å². The van der Waals surface area contributed by atoms with Crippen molar-refractivity contribution >= 4 is 11.5 Å². The number of nitrogens with one attached hydrogen (secondary N) is 2. The highest BCUT2D eigenvalue weighted by atomic mass is 16.5. The summed E-state index contributed by atoms with van der Waals surface area (Å²) in [6.07, 6.45) is 2.91. The molecule has 1 heterocycles. The van der Waals surface area contributed by atoms with Crippen LogP contribution in [0.2, 0.25) is 0 Å². The van der Waals surface area contributed by atoms with Gasteiger partial charge in [0.25, 0.3) is 0 Å². The first-order valence-electron chi connectivity index (χ1n) is 10.7. The van der Waals surface area contributed by atoms with E-state index in [4.69, 9.17) is 14.2 Å². The Bertz CT molecular complexity index is 1010. The number of aromatic nitrogens is 2. The molecular formula is C24H29N3O3. The number of benzene rings is 2. The molecule has 0 saturated carbocycles. The summed E-state index contributed by atoms with van der Waals surface area (Å²) in [4.78, 5) is 0. The largest absolute Gasteiger partial charge is 0.494 e. The molecule has 0 saturated heterocycles. The molecule has 0 atom stereocenters. The smallest absolute Gasteiger partial charge is 0.161 e. The van der Waals surface area contributed by atoms with Crippen LogP contribution in [-0.2, 0) is 6.42 Å². The lowest BCUT2D eigenvalue weighted by Crippen LogP contribution is -2.02. The second-order valence-corrected chi connectivity index (χ2v) is 7.28. The van der Waals surface area contributed by atoms with E-state index in [1.54, 1.807) is 0 Å². The maximum absolute atomic E-state index is 6.02. The first kappa shape index (κ1) is 20.1. The number of hydrogen-bond donors (Lipinski definition) is 2. The predicted molar refractivity (Wildman–Crippen MR) is 119 cm³/mol. The highest BCUT2D eigenvalue weighted by molar-refractivity contribution is 5.81. The Labute approximate surface area is 177 Å². The average molecular weight is 408 g/mol. The first-order chi connectivity index (χ1) is 14.7. The van der Waals surface area contributed by atoms with Gasteiger partial charge in [0, 0.05) is 29.3 Å². The van der Waals surface area contributed by atoms with Crippen LogP contribution in [0.3, 0.4) is 0 Å². The third kappa shape index (κ3) is 4.08. The molecular weight excluding hydrogens is 378 g/mol. The molecule has 2 aromatic carbocycles. The lowest BCUT2D eigenvalue weighted by atomic mass is 10.1. The first-order valence-corrected chi connectivity index (χ1v) is 10.7. The molecule has 6 nitrogen and oxygen atoms in total. The fourth-order valence-electron chi connectivity index (χ4n) is 3.71. The highest BCUT2D eigenvalue weighted by Crippen LogP contribution is 2.44. The van der Waals surface area contributed by atoms with Crippen LogP contribution in [0.25, 0.3) is 11.3 Å². The zero-order chi connectivity index (χ0) is 20.9. The molecule has 0 aliphatic heterocycles. The van der Waals surface area contributed by atoms with Gasteiger partial charge in [0.1, 0.15) is 5.75 Å². The minimum absolute atomic E-state index is 0.610. The number of H-pyrrole nitrogens is 1. The molecule has 2 N–H and O–H groups in total. The molecule has 4 rings (SSSR count). The van der Waals surface area contributed by atoms with Crippen molar-refractivity contribution in [2.24, 2.45) is 0 Å². The molecule has 0 fully saturated rings. The molecule has 0 bridgehead atoms. The van der Waals surface area contributed by atoms with Crippen molar-refractivity contribution in [3.63, 3.8) is 0 Å². The van der Waals surface area contributed by atoms with E-state index in [1.165, 1.54) is 5.56 Å². The highest BCUT2D eigenvalue weighted by Gasteiger charge is 2.27. The zero-order valence-corrected chi connectivity index (χ0v) is 17.9. The number of hydrogen-bond acceptors (Lipinski definition) is 5. The number of rotatable bonds is 10. The molecule has 3 aromatic rings. The van der Waals surface area contributed by atoms with E-state index in [0.717, 1.165) is 64.8 Å². The number of unbranched alkanes of at least 4 members (excludes halogenated alkanes) is 1. The van der Waals surface area contributed by atoms with Gasteiger partial charge in [0.05, 0.1) is 25.5 Å². The van der Waals surface area contributed by atoms with E-state index in [0.29, 0.717) is 19.8 Å². The summed E-state index contributed by atoms with van der Waals surface area (Å²) in [7, 11) is 0. The van der Waals surface area contributed by atoms with Crippen molar-refractivity contribution in [2.45, 2.75) is 40.0 Å². The summed E-state index contributed by atoms with van der Waals surface area (Å²) in [6.45, 7) is 8.07. The number of fused-ring (bicyclic) bond motifs is 3. The summed E-state index contributed by atoms with van der Waals surface area (Å²) in [5.41, 5.74) is 5.49. The van der Waals surface area contributed by atoms with Gasteiger partial charge in [0.15, 0.2) is 17.3 Å². The van der Waals surface area contributed by atoms with Crippen molar-refractivity contribution in [3.05, 3.63) is 47.5 Å². The molecule has 0 spiro atoms. The van der Waals surface area contributed by atoms with Crippen LogP contribution in [0.1, 0.15) is 44.7 Å². The van der Waals surface area contributed by atoms with Crippen molar-refractivity contribution in [1.29, 1.82) is 0 Å². The second-order valence-electron chi connectivity index (χ2n) is 7.28. The third-order valence-corrected chi connectivity index (χ3v) is 5.14. The molecule has 0 radical (unpaired) electrons. The van der Waals surface area contributed by atoms with Gasteiger partial charge in [-0.25, -0.2) is 0 Å². The van der Waals surface area contributed by atoms with E-state index in [2.05, 4.69) is 34.6 Å². The van der Waals surface area contributed by atoms with Gasteiger partial charge in [-0.05, 0) is 50.1 Å². The van der Waals surface area contributed by atoms with E-state index in [1.807, 2.05) is 38.1 Å². The summed E-state index contributed by atoms with van der Waals surface area (Å²) in [5.74, 6) is 3.28. The average Bonchev–Trinajstić information content (AvgIpc) is 3.29. The number of nitrogens with zero attached hydrogens (tertiary/aromatic N) is 1. The Balaban J connectivity index is 1.60. The second kappa shape index (κ2) is 9.11. The summed E-state index contributed by atoms with van der Waals surface area (Å²) in [5, 5.41) is 11.2. The molecule has 0 unspecified atom stereocenters. The fourth-order valence-corrected chi connectivity index (χ4v) is 3.71. The Morgan fingerprint density at radius 1 is 1.00 bits per heavy atom. The molecule has 0 amide bonds. The van der Waals surface area contributed by atoms with Crippen LogP contribution < -0.4 is 19.5 Å². The van der Waals surface area contributed by atoms with Crippen LogP contribution in [0.15, 0.2) is 36.4 Å². The monoisotopic (exact) mass is 407 g/mol. The Hall–Kier alpha value is -3.15. The Morgan fingerprint density at radius 2 is 1.83 bits per heavy atom. The van der Waals surface area contributed by atoms with Crippen molar-refractivity contribution in [3.8, 4) is 28.5 Å². The van der Waals surface area contributed by atoms with Gasteiger partial charge in [0.2, 0.25) is 0 Å². The van der Waals surface area contributed by atoms with Crippen molar-refractivity contribution in [1.82, 2.24) is 10.2 Å². The summed E-state index contributed by atoms with van der Waals surface area (Å²) < 4.78 is 17.5. The van der Waals surface area contributed by atoms with Crippen LogP contribution in [0.5, 0.6) is 17.2 Å². The van der Waals surface area contributed by atoms with Gasteiger partial charge in [-0.3, -0.25) is 5.10 Å². The quantitative estimate of drug-likeness (QED) is 0.330. The van der Waals surface area contributed by atoms with Gasteiger partial charge < -0.3 is 19.5 Å². The summed E-state index contributed by atoms with van der Waals surface area (Å²) >= 11 is 0. The minimum Gasteiger partial charge on any atom is -0.494 e. The summed E-state index contributed by atoms with van der Waals surface area (Å²) in [6, 6.07) is 12.1. The molecule has 158 valence electrons. The molecule has 1 aromatic heterocycles. The maximum Gasteiger partial charge on any atom is 0.161 e. The number of anilines is 2. The standard InChI is InChI=1S/C24H29N3O3/c1-4-7-11-30-22-15-19-16(13-21(22)29-6-3)12-20-23(19)26-27-24(20)25-17-9-8-10-18(14-17)28-5-2/h8-10,13-15H,4-7,11-12H2,1-3H3,(H2,25,26,27). The molecule has 30 heavy (non-hydrogen) atoms. The molecule has 1 aliphatic rings. The van der Waals surface area contributed by atoms with Crippen molar-refractivity contribution < 1.29 is 14.2 Å². The van der Waals surface area contributed by atoms with Gasteiger partial charge in [-0.15, -0.1) is 0 Å². The zero-order valence-electron chi connectivity index (χ0n) is 17.9. The minimum atomic E-state index is 0.610. The molecule has 6 heteroatoms. The number of aromatic amines is 1. The van der Waals surface area contributed by atoms with Gasteiger partial charge >= 0.3 is 0 Å².